The van der Waals surface area contributed by atoms with E-state index in [0.717, 1.165) is 37.2 Å². The van der Waals surface area contributed by atoms with Crippen molar-refractivity contribution in [1.29, 1.82) is 0 Å². The summed E-state index contributed by atoms with van der Waals surface area (Å²) in [6.45, 7) is 4.26. The number of amides is 2. The molecule has 176 valence electrons. The van der Waals surface area contributed by atoms with Crippen LogP contribution in [-0.2, 0) is 6.54 Å². The first kappa shape index (κ1) is 23.8. The SMILES string of the molecule is CC1CCN(c2ccc(NC(=O)c3ccc(Cl)cc3)cc2C(=O)NCc2ccc(F)cc2)CC1. The molecule has 1 fully saturated rings. The number of hydrogen-bond donors (Lipinski definition) is 2. The molecule has 0 radical (unpaired) electrons. The van der Waals surface area contributed by atoms with Gasteiger partial charge in [0.2, 0.25) is 0 Å². The van der Waals surface area contributed by atoms with Gasteiger partial charge in [-0.1, -0.05) is 30.7 Å². The zero-order valence-corrected chi connectivity index (χ0v) is 19.7. The minimum atomic E-state index is -0.319. The van der Waals surface area contributed by atoms with Gasteiger partial charge in [0.15, 0.2) is 0 Å². The summed E-state index contributed by atoms with van der Waals surface area (Å²) in [6, 6.07) is 18.1. The van der Waals surface area contributed by atoms with Crippen LogP contribution in [0.5, 0.6) is 0 Å². The molecule has 0 saturated carbocycles. The van der Waals surface area contributed by atoms with Gasteiger partial charge in [0.25, 0.3) is 11.8 Å². The van der Waals surface area contributed by atoms with Gasteiger partial charge in [-0.25, -0.2) is 4.39 Å². The van der Waals surface area contributed by atoms with Crippen molar-refractivity contribution in [2.75, 3.05) is 23.3 Å². The van der Waals surface area contributed by atoms with Gasteiger partial charge in [0, 0.05) is 41.6 Å². The molecule has 7 heteroatoms. The Balaban J connectivity index is 1.56. The molecule has 3 aromatic carbocycles. The molecule has 0 spiro atoms. The third-order valence-electron chi connectivity index (χ3n) is 6.10. The zero-order chi connectivity index (χ0) is 24.1. The number of nitrogens with one attached hydrogen (secondary N) is 2. The van der Waals surface area contributed by atoms with E-state index in [9.17, 15) is 14.0 Å². The second kappa shape index (κ2) is 10.7. The molecule has 3 aromatic rings. The van der Waals surface area contributed by atoms with Crippen LogP contribution in [0.2, 0.25) is 5.02 Å². The Labute approximate surface area is 203 Å². The number of halogens is 2. The lowest BCUT2D eigenvalue weighted by Gasteiger charge is -2.33. The Hall–Kier alpha value is -3.38. The van der Waals surface area contributed by atoms with E-state index in [4.69, 9.17) is 11.6 Å². The van der Waals surface area contributed by atoms with E-state index < -0.39 is 0 Å². The monoisotopic (exact) mass is 479 g/mol. The van der Waals surface area contributed by atoms with Gasteiger partial charge in [-0.05, 0) is 78.9 Å². The quantitative estimate of drug-likeness (QED) is 0.463. The van der Waals surface area contributed by atoms with Crippen LogP contribution in [0.4, 0.5) is 15.8 Å². The molecule has 1 saturated heterocycles. The summed E-state index contributed by atoms with van der Waals surface area (Å²) < 4.78 is 13.2. The predicted octanol–water partition coefficient (Wildman–Crippen LogP) is 5.90. The summed E-state index contributed by atoms with van der Waals surface area (Å²) in [5.74, 6) is -0.194. The van der Waals surface area contributed by atoms with E-state index in [1.54, 1.807) is 42.5 Å². The molecule has 0 bridgehead atoms. The summed E-state index contributed by atoms with van der Waals surface area (Å²) in [4.78, 5) is 28.1. The van der Waals surface area contributed by atoms with E-state index >= 15 is 0 Å². The van der Waals surface area contributed by atoms with E-state index in [0.29, 0.717) is 27.8 Å². The summed E-state index contributed by atoms with van der Waals surface area (Å²) >= 11 is 5.91. The maximum Gasteiger partial charge on any atom is 0.255 e. The third kappa shape index (κ3) is 5.94. The topological polar surface area (TPSA) is 61.4 Å². The number of piperidine rings is 1. The molecular formula is C27H27ClFN3O2. The number of carbonyl (C=O) groups is 2. The summed E-state index contributed by atoms with van der Waals surface area (Å²) in [7, 11) is 0. The average Bonchev–Trinajstić information content (AvgIpc) is 2.84. The smallest absolute Gasteiger partial charge is 0.255 e. The fourth-order valence-electron chi connectivity index (χ4n) is 4.01. The van der Waals surface area contributed by atoms with Crippen LogP contribution in [0.3, 0.4) is 0 Å². The van der Waals surface area contributed by atoms with E-state index in [1.165, 1.54) is 12.1 Å². The predicted molar refractivity (Wildman–Crippen MR) is 134 cm³/mol. The van der Waals surface area contributed by atoms with Gasteiger partial charge in [-0.15, -0.1) is 0 Å². The summed E-state index contributed by atoms with van der Waals surface area (Å²) in [5.41, 5.74) is 3.13. The highest BCUT2D eigenvalue weighted by molar-refractivity contribution is 6.30. The molecular weight excluding hydrogens is 453 g/mol. The van der Waals surface area contributed by atoms with Gasteiger partial charge >= 0.3 is 0 Å². The van der Waals surface area contributed by atoms with Crippen LogP contribution < -0.4 is 15.5 Å². The second-order valence-electron chi connectivity index (χ2n) is 8.67. The second-order valence-corrected chi connectivity index (χ2v) is 9.11. The van der Waals surface area contributed by atoms with Crippen molar-refractivity contribution >= 4 is 34.8 Å². The van der Waals surface area contributed by atoms with Crippen molar-refractivity contribution < 1.29 is 14.0 Å². The molecule has 0 unspecified atom stereocenters. The van der Waals surface area contributed by atoms with E-state index in [-0.39, 0.29) is 24.2 Å². The van der Waals surface area contributed by atoms with Crippen LogP contribution in [0, 0.1) is 11.7 Å². The zero-order valence-electron chi connectivity index (χ0n) is 19.0. The number of nitrogens with zero attached hydrogens (tertiary/aromatic N) is 1. The minimum absolute atomic E-state index is 0.250. The van der Waals surface area contributed by atoms with Crippen molar-refractivity contribution in [3.63, 3.8) is 0 Å². The molecule has 0 aromatic heterocycles. The minimum Gasteiger partial charge on any atom is -0.371 e. The van der Waals surface area contributed by atoms with Crippen LogP contribution in [0.25, 0.3) is 0 Å². The largest absolute Gasteiger partial charge is 0.371 e. The molecule has 2 amide bonds. The van der Waals surface area contributed by atoms with Crippen molar-refractivity contribution in [1.82, 2.24) is 5.32 Å². The third-order valence-corrected chi connectivity index (χ3v) is 6.35. The number of benzene rings is 3. The number of anilines is 2. The number of rotatable bonds is 6. The lowest BCUT2D eigenvalue weighted by atomic mass is 9.97. The van der Waals surface area contributed by atoms with Crippen LogP contribution in [0.1, 0.15) is 46.0 Å². The van der Waals surface area contributed by atoms with Crippen molar-refractivity contribution in [2.45, 2.75) is 26.3 Å². The van der Waals surface area contributed by atoms with E-state index in [2.05, 4.69) is 22.5 Å². The Morgan fingerprint density at radius 2 is 1.65 bits per heavy atom. The fraction of sp³-hybridized carbons (Fsp3) is 0.259. The van der Waals surface area contributed by atoms with Gasteiger partial charge in [-0.3, -0.25) is 9.59 Å². The maximum atomic E-state index is 13.2. The normalized spacial score (nSPS) is 14.0. The summed E-state index contributed by atoms with van der Waals surface area (Å²) in [6.07, 6.45) is 2.12. The molecule has 0 atom stereocenters. The van der Waals surface area contributed by atoms with Gasteiger partial charge in [0.1, 0.15) is 5.82 Å². The lowest BCUT2D eigenvalue weighted by molar-refractivity contribution is 0.0950. The molecule has 2 N–H and O–H groups in total. The molecule has 4 rings (SSSR count). The van der Waals surface area contributed by atoms with Crippen LogP contribution in [0.15, 0.2) is 66.7 Å². The Bertz CT molecular complexity index is 1160. The van der Waals surface area contributed by atoms with Crippen molar-refractivity contribution in [3.8, 4) is 0 Å². The Kier molecular flexibility index (Phi) is 7.48. The van der Waals surface area contributed by atoms with Gasteiger partial charge < -0.3 is 15.5 Å². The van der Waals surface area contributed by atoms with Crippen LogP contribution in [-0.4, -0.2) is 24.9 Å². The van der Waals surface area contributed by atoms with Crippen LogP contribution >= 0.6 is 11.6 Å². The number of hydrogen-bond acceptors (Lipinski definition) is 3. The number of carbonyl (C=O) groups excluding carboxylic acids is 2. The first-order valence-electron chi connectivity index (χ1n) is 11.4. The molecule has 1 aliphatic rings. The lowest BCUT2D eigenvalue weighted by Crippen LogP contribution is -2.35. The summed E-state index contributed by atoms with van der Waals surface area (Å²) in [5, 5.41) is 6.35. The highest BCUT2D eigenvalue weighted by atomic mass is 35.5. The first-order valence-corrected chi connectivity index (χ1v) is 11.8. The molecule has 0 aliphatic carbocycles. The Morgan fingerprint density at radius 1 is 0.971 bits per heavy atom. The van der Waals surface area contributed by atoms with Crippen molar-refractivity contribution in [2.24, 2.45) is 5.92 Å². The molecule has 1 heterocycles. The maximum absolute atomic E-state index is 13.2. The molecule has 34 heavy (non-hydrogen) atoms. The highest BCUT2D eigenvalue weighted by Crippen LogP contribution is 2.29. The van der Waals surface area contributed by atoms with E-state index in [1.807, 2.05) is 12.1 Å². The first-order chi connectivity index (χ1) is 16.4. The molecule has 5 nitrogen and oxygen atoms in total. The van der Waals surface area contributed by atoms with Gasteiger partial charge in [0.05, 0.1) is 5.56 Å². The van der Waals surface area contributed by atoms with Crippen molar-refractivity contribution in [3.05, 3.63) is 94.3 Å². The average molecular weight is 480 g/mol. The Morgan fingerprint density at radius 3 is 2.32 bits per heavy atom. The molecule has 1 aliphatic heterocycles. The van der Waals surface area contributed by atoms with Gasteiger partial charge in [-0.2, -0.15) is 0 Å². The fourth-order valence-corrected chi connectivity index (χ4v) is 4.13. The highest BCUT2D eigenvalue weighted by Gasteiger charge is 2.22. The standard InChI is InChI=1S/C27H27ClFN3O2/c1-18-12-14-32(15-13-18)25-11-10-23(31-26(33)20-4-6-21(28)7-5-20)16-24(25)27(34)30-17-19-2-8-22(29)9-3-19/h2-11,16,18H,12-15,17H2,1H3,(H,30,34)(H,31,33).